The third kappa shape index (κ3) is 1.91. The third-order valence-corrected chi connectivity index (χ3v) is 3.90. The molecule has 20 heavy (non-hydrogen) atoms. The van der Waals surface area contributed by atoms with E-state index in [4.69, 9.17) is 5.73 Å². The van der Waals surface area contributed by atoms with Crippen LogP contribution in [-0.2, 0) is 19.5 Å². The van der Waals surface area contributed by atoms with Crippen molar-refractivity contribution in [3.05, 3.63) is 55.3 Å². The van der Waals surface area contributed by atoms with Gasteiger partial charge in [0.2, 0.25) is 0 Å². The number of nitrogen functional groups attached to an aromatic ring is 1. The van der Waals surface area contributed by atoms with Crippen LogP contribution in [0.1, 0.15) is 16.7 Å². The van der Waals surface area contributed by atoms with Crippen molar-refractivity contribution in [1.29, 1.82) is 0 Å². The monoisotopic (exact) mass is 271 g/mol. The van der Waals surface area contributed by atoms with Crippen LogP contribution in [-0.4, -0.2) is 13.6 Å². The van der Waals surface area contributed by atoms with Crippen molar-refractivity contribution in [1.82, 2.24) is 5.32 Å². The number of rotatable bonds is 3. The highest BCUT2D eigenvalue weighted by molar-refractivity contribution is 5.73. The first kappa shape index (κ1) is 12.9. The molecule has 0 fully saturated rings. The van der Waals surface area contributed by atoms with E-state index in [9.17, 15) is 9.59 Å². The molecule has 2 aromatic carbocycles. The maximum atomic E-state index is 11.6. The molecule has 0 aromatic heterocycles. The summed E-state index contributed by atoms with van der Waals surface area (Å²) in [6.07, 6.45) is 0.868. The van der Waals surface area contributed by atoms with E-state index in [2.05, 4.69) is 23.5 Å². The molecule has 0 saturated heterocycles. The van der Waals surface area contributed by atoms with Gasteiger partial charge in [-0.25, -0.2) is 0 Å². The topological polar surface area (TPSA) is 75.4 Å². The van der Waals surface area contributed by atoms with E-state index < -0.39 is 10.9 Å². The highest BCUT2D eigenvalue weighted by atomic mass is 16.2. The van der Waals surface area contributed by atoms with E-state index in [0.717, 1.165) is 19.5 Å². The van der Waals surface area contributed by atoms with Crippen molar-refractivity contribution >= 4 is 11.4 Å². The predicted octanol–water partition coefficient (Wildman–Crippen LogP) is 0.147. The first-order valence-corrected chi connectivity index (χ1v) is 6.71. The third-order valence-electron chi connectivity index (χ3n) is 3.90. The minimum Gasteiger partial charge on any atom is -0.394 e. The van der Waals surface area contributed by atoms with Crippen LogP contribution in [0.5, 0.6) is 0 Å². The number of anilines is 2. The lowest BCUT2D eigenvalue weighted by atomic mass is 9.96. The fraction of sp³-hybridized carbons (Fsp3) is 0.333. The SMILES string of the molecule is CNCc1ccc2c(c1)CN(c1c(N)c(=O)c1=O)CC2. The molecule has 5 heteroatoms. The van der Waals surface area contributed by atoms with Crippen LogP contribution in [0.3, 0.4) is 0 Å². The number of hydrogen-bond donors (Lipinski definition) is 2. The van der Waals surface area contributed by atoms with E-state index in [-0.39, 0.29) is 5.69 Å². The number of nitrogens with one attached hydrogen (secondary N) is 1. The van der Waals surface area contributed by atoms with Gasteiger partial charge < -0.3 is 16.0 Å². The molecule has 0 unspecified atom stereocenters. The second-order valence-electron chi connectivity index (χ2n) is 5.23. The first-order chi connectivity index (χ1) is 9.61. The summed E-state index contributed by atoms with van der Waals surface area (Å²) in [6, 6.07) is 6.42. The minimum absolute atomic E-state index is 0.116. The molecular weight excluding hydrogens is 254 g/mol. The van der Waals surface area contributed by atoms with E-state index >= 15 is 0 Å². The fourth-order valence-corrected chi connectivity index (χ4v) is 2.83. The maximum absolute atomic E-state index is 11.6. The normalized spacial score (nSPS) is 14.6. The van der Waals surface area contributed by atoms with Gasteiger partial charge in [-0.2, -0.15) is 0 Å². The Kier molecular flexibility index (Phi) is 3.06. The standard InChI is InChI=1S/C15H17N3O2/c1-17-7-9-2-3-10-4-5-18(8-11(10)6-9)13-12(16)14(19)15(13)20/h2-3,6,17H,4-5,7-8,16H2,1H3. The van der Waals surface area contributed by atoms with Gasteiger partial charge in [0, 0.05) is 19.6 Å². The van der Waals surface area contributed by atoms with Crippen LogP contribution >= 0.6 is 0 Å². The Labute approximate surface area is 116 Å². The van der Waals surface area contributed by atoms with Crippen LogP contribution in [0.4, 0.5) is 11.4 Å². The molecule has 0 spiro atoms. The van der Waals surface area contributed by atoms with Gasteiger partial charge in [-0.05, 0) is 30.2 Å². The lowest BCUT2D eigenvalue weighted by Gasteiger charge is -2.32. The van der Waals surface area contributed by atoms with Crippen molar-refractivity contribution in [3.8, 4) is 0 Å². The van der Waals surface area contributed by atoms with Crippen molar-refractivity contribution in [2.45, 2.75) is 19.5 Å². The lowest BCUT2D eigenvalue weighted by Crippen LogP contribution is -2.44. The fourth-order valence-electron chi connectivity index (χ4n) is 2.83. The van der Waals surface area contributed by atoms with Gasteiger partial charge in [-0.15, -0.1) is 0 Å². The molecule has 2 aromatic rings. The first-order valence-electron chi connectivity index (χ1n) is 6.71. The molecule has 0 radical (unpaired) electrons. The van der Waals surface area contributed by atoms with Crippen LogP contribution in [0.2, 0.25) is 0 Å². The number of benzene rings is 1. The Bertz CT molecular complexity index is 729. The van der Waals surface area contributed by atoms with Crippen LogP contribution in [0.25, 0.3) is 0 Å². The molecule has 3 rings (SSSR count). The van der Waals surface area contributed by atoms with Gasteiger partial charge in [-0.3, -0.25) is 9.59 Å². The molecule has 0 aliphatic carbocycles. The Balaban J connectivity index is 1.90. The molecule has 1 aliphatic rings. The van der Waals surface area contributed by atoms with Crippen molar-refractivity contribution in [3.63, 3.8) is 0 Å². The summed E-state index contributed by atoms with van der Waals surface area (Å²) in [6.45, 7) is 2.19. The second-order valence-corrected chi connectivity index (χ2v) is 5.23. The molecule has 5 nitrogen and oxygen atoms in total. The molecule has 3 N–H and O–H groups in total. The average molecular weight is 271 g/mol. The quantitative estimate of drug-likeness (QED) is 0.777. The van der Waals surface area contributed by atoms with Gasteiger partial charge in [0.1, 0.15) is 11.4 Å². The van der Waals surface area contributed by atoms with E-state index in [0.29, 0.717) is 12.2 Å². The lowest BCUT2D eigenvalue weighted by molar-refractivity contribution is 0.722. The van der Waals surface area contributed by atoms with Gasteiger partial charge in [0.05, 0.1) is 0 Å². The Morgan fingerprint density at radius 2 is 2.05 bits per heavy atom. The molecule has 1 aliphatic heterocycles. The molecule has 1 heterocycles. The molecule has 0 saturated carbocycles. The van der Waals surface area contributed by atoms with E-state index in [1.165, 1.54) is 16.7 Å². The van der Waals surface area contributed by atoms with Gasteiger partial charge in [0.25, 0.3) is 10.9 Å². The summed E-state index contributed by atoms with van der Waals surface area (Å²) in [5.74, 6) is 0. The largest absolute Gasteiger partial charge is 0.394 e. The zero-order chi connectivity index (χ0) is 14.3. The van der Waals surface area contributed by atoms with Crippen LogP contribution in [0, 0.1) is 0 Å². The van der Waals surface area contributed by atoms with Crippen molar-refractivity contribution in [2.75, 3.05) is 24.2 Å². The smallest absolute Gasteiger partial charge is 0.253 e. The predicted molar refractivity (Wildman–Crippen MR) is 79.7 cm³/mol. The number of hydrogen-bond acceptors (Lipinski definition) is 5. The summed E-state index contributed by atoms with van der Waals surface area (Å²) < 4.78 is 0. The van der Waals surface area contributed by atoms with Gasteiger partial charge in [-0.1, -0.05) is 18.2 Å². The maximum Gasteiger partial charge on any atom is 0.253 e. The number of nitrogens with two attached hydrogens (primary N) is 1. The highest BCUT2D eigenvalue weighted by Crippen LogP contribution is 2.26. The number of nitrogens with zero attached hydrogens (tertiary/aromatic N) is 1. The zero-order valence-electron chi connectivity index (χ0n) is 11.4. The Morgan fingerprint density at radius 3 is 2.75 bits per heavy atom. The summed E-state index contributed by atoms with van der Waals surface area (Å²) in [7, 11) is 1.91. The van der Waals surface area contributed by atoms with E-state index in [1.54, 1.807) is 0 Å². The van der Waals surface area contributed by atoms with Crippen molar-refractivity contribution < 1.29 is 0 Å². The Hall–Kier alpha value is -2.14. The highest BCUT2D eigenvalue weighted by Gasteiger charge is 2.26. The molecular formula is C15H17N3O2. The summed E-state index contributed by atoms with van der Waals surface area (Å²) >= 11 is 0. The number of fused-ring (bicyclic) bond motifs is 1. The van der Waals surface area contributed by atoms with Crippen molar-refractivity contribution in [2.24, 2.45) is 0 Å². The minimum atomic E-state index is -0.547. The van der Waals surface area contributed by atoms with Crippen LogP contribution in [0.15, 0.2) is 27.8 Å². The second kappa shape index (κ2) is 4.76. The summed E-state index contributed by atoms with van der Waals surface area (Å²) in [4.78, 5) is 24.8. The summed E-state index contributed by atoms with van der Waals surface area (Å²) in [5, 5.41) is 3.13. The molecule has 104 valence electrons. The van der Waals surface area contributed by atoms with E-state index in [1.807, 2.05) is 11.9 Å². The average Bonchev–Trinajstić information content (AvgIpc) is 2.47. The molecule has 0 bridgehead atoms. The van der Waals surface area contributed by atoms with Gasteiger partial charge in [0.15, 0.2) is 0 Å². The zero-order valence-corrected chi connectivity index (χ0v) is 11.4. The Morgan fingerprint density at radius 1 is 1.25 bits per heavy atom. The van der Waals surface area contributed by atoms with Crippen LogP contribution < -0.4 is 26.8 Å². The van der Waals surface area contributed by atoms with Gasteiger partial charge >= 0.3 is 0 Å². The summed E-state index contributed by atoms with van der Waals surface area (Å²) in [5.41, 5.74) is 8.89. The molecule has 0 atom stereocenters. The molecule has 0 amide bonds.